The fourth-order valence-electron chi connectivity index (χ4n) is 1.43. The summed E-state index contributed by atoms with van der Waals surface area (Å²) in [7, 11) is 0.446. The number of hydrogen-bond acceptors (Lipinski definition) is 4. The highest BCUT2D eigenvalue weighted by Gasteiger charge is 2.17. The summed E-state index contributed by atoms with van der Waals surface area (Å²) in [5.74, 6) is 0. The zero-order chi connectivity index (χ0) is 15.7. The van der Waals surface area contributed by atoms with Crippen molar-refractivity contribution in [3.05, 3.63) is 43.5 Å². The molecule has 0 amide bonds. The van der Waals surface area contributed by atoms with Gasteiger partial charge in [-0.25, -0.2) is 0 Å². The molecule has 112 valence electrons. The van der Waals surface area contributed by atoms with E-state index in [-0.39, 0.29) is 10.7 Å². The number of nitro groups is 2. The van der Waals surface area contributed by atoms with Gasteiger partial charge in [-0.3, -0.25) is 20.2 Å². The lowest BCUT2D eigenvalue weighted by Gasteiger charge is -2.07. The molecule has 6 nitrogen and oxygen atoms in total. The lowest BCUT2D eigenvalue weighted by Crippen LogP contribution is -1.92. The Morgan fingerprint density at radius 3 is 1.85 bits per heavy atom. The molecule has 0 aromatic heterocycles. The maximum absolute atomic E-state index is 10.3. The first-order valence-corrected chi connectivity index (χ1v) is 8.45. The van der Waals surface area contributed by atoms with E-state index in [4.69, 9.17) is 11.6 Å². The standard InChI is InChI=1S/C6H3ClN2O4.C6H15P/c7-5-2-1-4(8(10)11)3-6(5)9(12)13;1-4-7(5-2)6-3/h1-3H;4-6H2,1-3H3. The van der Waals surface area contributed by atoms with Crippen molar-refractivity contribution >= 4 is 30.9 Å². The van der Waals surface area contributed by atoms with Gasteiger partial charge in [0, 0.05) is 6.07 Å². The molecule has 0 aliphatic rings. The minimum atomic E-state index is -0.769. The molecule has 0 aliphatic carbocycles. The Morgan fingerprint density at radius 2 is 1.55 bits per heavy atom. The Labute approximate surface area is 124 Å². The number of rotatable bonds is 5. The van der Waals surface area contributed by atoms with E-state index in [1.165, 1.54) is 18.5 Å². The molecule has 1 aromatic carbocycles. The molecule has 0 saturated carbocycles. The molecule has 0 atom stereocenters. The number of benzene rings is 1. The summed E-state index contributed by atoms with van der Waals surface area (Å²) in [5, 5.41) is 20.4. The van der Waals surface area contributed by atoms with Crippen molar-refractivity contribution in [3.8, 4) is 0 Å². The molecule has 1 aromatic rings. The summed E-state index contributed by atoms with van der Waals surface area (Å²) in [6.07, 6.45) is 4.26. The second kappa shape index (κ2) is 9.61. The van der Waals surface area contributed by atoms with Crippen LogP contribution >= 0.6 is 19.5 Å². The van der Waals surface area contributed by atoms with Crippen molar-refractivity contribution in [2.45, 2.75) is 20.8 Å². The molecule has 0 bridgehead atoms. The zero-order valence-corrected chi connectivity index (χ0v) is 13.4. The van der Waals surface area contributed by atoms with Gasteiger partial charge in [-0.05, 0) is 24.6 Å². The van der Waals surface area contributed by atoms with Gasteiger partial charge < -0.3 is 0 Å². The van der Waals surface area contributed by atoms with E-state index in [0.29, 0.717) is 7.92 Å². The van der Waals surface area contributed by atoms with Crippen LogP contribution in [0.2, 0.25) is 5.02 Å². The highest BCUT2D eigenvalue weighted by atomic mass is 35.5. The molecule has 0 N–H and O–H groups in total. The summed E-state index contributed by atoms with van der Waals surface area (Å²) in [6.45, 7) is 6.87. The SMILES string of the molecule is CCP(CC)CC.O=[N+]([O-])c1ccc(Cl)c([N+](=O)[O-])c1. The van der Waals surface area contributed by atoms with Gasteiger partial charge in [-0.15, -0.1) is 7.92 Å². The lowest BCUT2D eigenvalue weighted by atomic mass is 10.3. The molecule has 0 spiro atoms. The average Bonchev–Trinajstić information content (AvgIpc) is 2.41. The maximum Gasteiger partial charge on any atom is 0.294 e. The van der Waals surface area contributed by atoms with Gasteiger partial charge in [0.2, 0.25) is 0 Å². The van der Waals surface area contributed by atoms with Crippen LogP contribution in [-0.2, 0) is 0 Å². The van der Waals surface area contributed by atoms with E-state index < -0.39 is 15.5 Å². The zero-order valence-electron chi connectivity index (χ0n) is 11.7. The minimum absolute atomic E-state index is 0.115. The van der Waals surface area contributed by atoms with Crippen LogP contribution in [0.25, 0.3) is 0 Å². The number of non-ortho nitro benzene ring substituents is 1. The van der Waals surface area contributed by atoms with E-state index in [0.717, 1.165) is 18.2 Å². The Balaban J connectivity index is 0.000000441. The molecule has 0 heterocycles. The Bertz CT molecular complexity index is 461. The van der Waals surface area contributed by atoms with Gasteiger partial charge >= 0.3 is 0 Å². The lowest BCUT2D eigenvalue weighted by molar-refractivity contribution is -0.394. The first kappa shape index (κ1) is 18.7. The van der Waals surface area contributed by atoms with Gasteiger partial charge in [0.15, 0.2) is 0 Å². The maximum atomic E-state index is 10.3. The first-order valence-electron chi connectivity index (χ1n) is 6.17. The van der Waals surface area contributed by atoms with Gasteiger partial charge in [-0.2, -0.15) is 0 Å². The van der Waals surface area contributed by atoms with Crippen molar-refractivity contribution < 1.29 is 9.85 Å². The summed E-state index contributed by atoms with van der Waals surface area (Å²) < 4.78 is 0. The molecule has 0 unspecified atom stereocenters. The van der Waals surface area contributed by atoms with Crippen molar-refractivity contribution in [2.75, 3.05) is 18.5 Å². The Kier molecular flexibility index (Phi) is 9.01. The van der Waals surface area contributed by atoms with Crippen molar-refractivity contribution in [1.82, 2.24) is 0 Å². The van der Waals surface area contributed by atoms with E-state index in [1.54, 1.807) is 0 Å². The van der Waals surface area contributed by atoms with E-state index >= 15 is 0 Å². The van der Waals surface area contributed by atoms with Crippen LogP contribution in [0.4, 0.5) is 11.4 Å². The molecule has 0 fully saturated rings. The van der Waals surface area contributed by atoms with Crippen molar-refractivity contribution in [3.63, 3.8) is 0 Å². The predicted molar refractivity (Wildman–Crippen MR) is 83.3 cm³/mol. The topological polar surface area (TPSA) is 86.3 Å². The van der Waals surface area contributed by atoms with Gasteiger partial charge in [0.25, 0.3) is 11.4 Å². The van der Waals surface area contributed by atoms with Crippen LogP contribution in [0.3, 0.4) is 0 Å². The summed E-state index contributed by atoms with van der Waals surface area (Å²) in [5.41, 5.74) is -0.813. The van der Waals surface area contributed by atoms with Crippen LogP contribution in [-0.4, -0.2) is 28.3 Å². The predicted octanol–water partition coefficient (Wildman–Crippen LogP) is 4.68. The summed E-state index contributed by atoms with van der Waals surface area (Å²) in [6, 6.07) is 3.05. The molecular formula is C12H18ClN2O4P. The molecule has 20 heavy (non-hydrogen) atoms. The Hall–Kier alpha value is -1.26. The number of hydrogen-bond donors (Lipinski definition) is 0. The smallest absolute Gasteiger partial charge is 0.258 e. The second-order valence-corrected chi connectivity index (χ2v) is 7.42. The monoisotopic (exact) mass is 320 g/mol. The largest absolute Gasteiger partial charge is 0.294 e. The van der Waals surface area contributed by atoms with E-state index in [1.807, 2.05) is 0 Å². The fraction of sp³-hybridized carbons (Fsp3) is 0.500. The molecule has 0 saturated heterocycles. The van der Waals surface area contributed by atoms with Gasteiger partial charge in [0.05, 0.1) is 15.9 Å². The molecule has 8 heteroatoms. The van der Waals surface area contributed by atoms with Crippen LogP contribution in [0.1, 0.15) is 20.8 Å². The van der Waals surface area contributed by atoms with Crippen LogP contribution in [0.15, 0.2) is 18.2 Å². The number of halogens is 1. The third-order valence-corrected chi connectivity index (χ3v) is 5.68. The Morgan fingerprint density at radius 1 is 1.05 bits per heavy atom. The van der Waals surface area contributed by atoms with Crippen LogP contribution < -0.4 is 0 Å². The van der Waals surface area contributed by atoms with E-state index in [9.17, 15) is 20.2 Å². The first-order chi connectivity index (χ1) is 9.37. The van der Waals surface area contributed by atoms with Crippen LogP contribution in [0, 0.1) is 20.2 Å². The normalized spacial score (nSPS) is 9.85. The quantitative estimate of drug-likeness (QED) is 0.447. The van der Waals surface area contributed by atoms with Crippen LogP contribution in [0.5, 0.6) is 0 Å². The average molecular weight is 321 g/mol. The summed E-state index contributed by atoms with van der Waals surface area (Å²) >= 11 is 5.43. The van der Waals surface area contributed by atoms with Gasteiger partial charge in [0.1, 0.15) is 5.02 Å². The molecule has 0 radical (unpaired) electrons. The van der Waals surface area contributed by atoms with E-state index in [2.05, 4.69) is 20.8 Å². The highest BCUT2D eigenvalue weighted by molar-refractivity contribution is 7.57. The summed E-state index contributed by atoms with van der Waals surface area (Å²) in [4.78, 5) is 19.0. The van der Waals surface area contributed by atoms with Crippen molar-refractivity contribution in [2.24, 2.45) is 0 Å². The third kappa shape index (κ3) is 6.26. The molecular weight excluding hydrogens is 303 g/mol. The fourth-order valence-corrected chi connectivity index (χ4v) is 2.95. The highest BCUT2D eigenvalue weighted by Crippen LogP contribution is 2.32. The second-order valence-electron chi connectivity index (χ2n) is 3.77. The molecule has 0 aliphatic heterocycles. The molecule has 1 rings (SSSR count). The minimum Gasteiger partial charge on any atom is -0.258 e. The third-order valence-electron chi connectivity index (χ3n) is 2.68. The van der Waals surface area contributed by atoms with Gasteiger partial charge in [-0.1, -0.05) is 32.4 Å². The number of nitro benzene ring substituents is 2. The van der Waals surface area contributed by atoms with Crippen molar-refractivity contribution in [1.29, 1.82) is 0 Å². The number of nitrogens with zero attached hydrogens (tertiary/aromatic N) is 2.